The Morgan fingerprint density at radius 3 is 2.87 bits per heavy atom. The summed E-state index contributed by atoms with van der Waals surface area (Å²) in [4.78, 5) is 11.0. The summed E-state index contributed by atoms with van der Waals surface area (Å²) in [7, 11) is 0. The first-order valence-electron chi connectivity index (χ1n) is 9.90. The van der Waals surface area contributed by atoms with Crippen molar-refractivity contribution in [2.75, 3.05) is 24.6 Å². The van der Waals surface area contributed by atoms with E-state index in [1.54, 1.807) is 18.3 Å². The van der Waals surface area contributed by atoms with E-state index in [0.29, 0.717) is 44.3 Å². The molecular weight excluding hydrogens is 472 g/mol. The highest BCUT2D eigenvalue weighted by molar-refractivity contribution is 9.10. The fourth-order valence-electron chi connectivity index (χ4n) is 4.61. The predicted molar refractivity (Wildman–Crippen MR) is 119 cm³/mol. The van der Waals surface area contributed by atoms with Crippen molar-refractivity contribution in [2.24, 2.45) is 11.1 Å². The molecule has 5 rings (SSSR count). The molecule has 10 heteroatoms. The SMILES string of the molecule is C[C@@H]1OCC2(CCN(c3cc(O)c4c(-c5ccnc(Br)c5Cl)n[nH]c4n3)CC2)[C@@H]1N. The van der Waals surface area contributed by atoms with E-state index in [2.05, 4.69) is 36.0 Å². The number of piperidine rings is 1. The number of rotatable bonds is 2. The van der Waals surface area contributed by atoms with Gasteiger partial charge in [-0.15, -0.1) is 0 Å². The second-order valence-electron chi connectivity index (χ2n) is 8.15. The van der Waals surface area contributed by atoms with Gasteiger partial charge in [-0.2, -0.15) is 5.10 Å². The third kappa shape index (κ3) is 3.07. The Morgan fingerprint density at radius 1 is 1.40 bits per heavy atom. The van der Waals surface area contributed by atoms with E-state index in [9.17, 15) is 5.11 Å². The van der Waals surface area contributed by atoms with Gasteiger partial charge in [-0.3, -0.25) is 5.10 Å². The number of nitrogens with one attached hydrogen (secondary N) is 1. The Hall–Kier alpha value is -1.94. The van der Waals surface area contributed by atoms with Crippen molar-refractivity contribution in [1.82, 2.24) is 20.2 Å². The normalized spacial score (nSPS) is 23.5. The number of aromatic amines is 1. The molecule has 8 nitrogen and oxygen atoms in total. The van der Waals surface area contributed by atoms with Gasteiger partial charge in [-0.05, 0) is 41.8 Å². The molecule has 0 aliphatic carbocycles. The van der Waals surface area contributed by atoms with E-state index in [0.717, 1.165) is 25.9 Å². The second kappa shape index (κ2) is 7.33. The zero-order valence-corrected chi connectivity index (χ0v) is 18.7. The molecule has 0 bridgehead atoms. The van der Waals surface area contributed by atoms with Crippen LogP contribution in [0.15, 0.2) is 22.9 Å². The van der Waals surface area contributed by atoms with Crippen LogP contribution in [0.25, 0.3) is 22.3 Å². The largest absolute Gasteiger partial charge is 0.507 e. The lowest BCUT2D eigenvalue weighted by molar-refractivity contribution is 0.0974. The van der Waals surface area contributed by atoms with Crippen LogP contribution in [0.3, 0.4) is 0 Å². The van der Waals surface area contributed by atoms with Crippen LogP contribution in [-0.4, -0.2) is 57.1 Å². The average molecular weight is 494 g/mol. The summed E-state index contributed by atoms with van der Waals surface area (Å²) < 4.78 is 6.33. The monoisotopic (exact) mass is 492 g/mol. The summed E-state index contributed by atoms with van der Waals surface area (Å²) in [6.45, 7) is 4.38. The van der Waals surface area contributed by atoms with Crippen molar-refractivity contribution in [3.05, 3.63) is 28.0 Å². The van der Waals surface area contributed by atoms with Crippen LogP contribution < -0.4 is 10.6 Å². The lowest BCUT2D eigenvalue weighted by Crippen LogP contribution is -2.50. The maximum Gasteiger partial charge on any atom is 0.161 e. The van der Waals surface area contributed by atoms with Crippen molar-refractivity contribution in [1.29, 1.82) is 0 Å². The van der Waals surface area contributed by atoms with Gasteiger partial charge in [0.15, 0.2) is 5.65 Å². The Balaban J connectivity index is 1.45. The summed E-state index contributed by atoms with van der Waals surface area (Å²) in [5.41, 5.74) is 8.17. The molecule has 0 saturated carbocycles. The second-order valence-corrected chi connectivity index (χ2v) is 9.28. The number of hydrogen-bond acceptors (Lipinski definition) is 7. The number of fused-ring (bicyclic) bond motifs is 1. The molecule has 2 aliphatic heterocycles. The van der Waals surface area contributed by atoms with Crippen molar-refractivity contribution in [2.45, 2.75) is 31.9 Å². The Kier molecular flexibility index (Phi) is 4.89. The van der Waals surface area contributed by atoms with E-state index < -0.39 is 0 Å². The van der Waals surface area contributed by atoms with Gasteiger partial charge in [0.05, 0.1) is 23.1 Å². The number of anilines is 1. The maximum atomic E-state index is 10.8. The summed E-state index contributed by atoms with van der Waals surface area (Å²) in [6.07, 6.45) is 3.60. The summed E-state index contributed by atoms with van der Waals surface area (Å²) in [5.74, 6) is 0.824. The van der Waals surface area contributed by atoms with Crippen molar-refractivity contribution < 1.29 is 9.84 Å². The highest BCUT2D eigenvalue weighted by atomic mass is 79.9. The van der Waals surface area contributed by atoms with Gasteiger partial charge in [0, 0.05) is 42.4 Å². The van der Waals surface area contributed by atoms with E-state index in [4.69, 9.17) is 27.1 Å². The van der Waals surface area contributed by atoms with E-state index in [1.807, 2.05) is 6.92 Å². The first-order chi connectivity index (χ1) is 14.4. The van der Waals surface area contributed by atoms with Gasteiger partial charge in [-0.1, -0.05) is 11.6 Å². The van der Waals surface area contributed by atoms with Crippen LogP contribution in [-0.2, 0) is 4.74 Å². The molecule has 5 heterocycles. The minimum Gasteiger partial charge on any atom is -0.507 e. The van der Waals surface area contributed by atoms with Crippen LogP contribution in [0.1, 0.15) is 19.8 Å². The van der Waals surface area contributed by atoms with Crippen LogP contribution in [0.4, 0.5) is 5.82 Å². The molecule has 3 aromatic heterocycles. The van der Waals surface area contributed by atoms with E-state index in [1.165, 1.54) is 0 Å². The summed E-state index contributed by atoms with van der Waals surface area (Å²) in [5, 5.41) is 19.1. The Bertz CT molecular complexity index is 1110. The average Bonchev–Trinajstić information content (AvgIpc) is 3.28. The summed E-state index contributed by atoms with van der Waals surface area (Å²) >= 11 is 9.71. The fourth-order valence-corrected chi connectivity index (χ4v) is 5.14. The number of aromatic hydroxyl groups is 1. The van der Waals surface area contributed by atoms with Crippen molar-refractivity contribution in [3.63, 3.8) is 0 Å². The molecule has 0 unspecified atom stereocenters. The number of H-pyrrole nitrogens is 1. The van der Waals surface area contributed by atoms with Crippen molar-refractivity contribution in [3.8, 4) is 17.0 Å². The minimum absolute atomic E-state index is 0.0364. The zero-order chi connectivity index (χ0) is 21.0. The lowest BCUT2D eigenvalue weighted by Gasteiger charge is -2.41. The van der Waals surface area contributed by atoms with Gasteiger partial charge >= 0.3 is 0 Å². The number of hydrogen-bond donors (Lipinski definition) is 3. The number of nitrogens with zero attached hydrogens (tertiary/aromatic N) is 4. The quantitative estimate of drug-likeness (QED) is 0.468. The topological polar surface area (TPSA) is 113 Å². The minimum atomic E-state index is 0.0364. The zero-order valence-electron chi connectivity index (χ0n) is 16.4. The van der Waals surface area contributed by atoms with Crippen LogP contribution in [0.2, 0.25) is 5.02 Å². The molecular formula is C20H22BrClN6O2. The van der Waals surface area contributed by atoms with Gasteiger partial charge in [0.25, 0.3) is 0 Å². The van der Waals surface area contributed by atoms with Gasteiger partial charge < -0.3 is 20.5 Å². The smallest absolute Gasteiger partial charge is 0.161 e. The van der Waals surface area contributed by atoms with Crippen LogP contribution in [0.5, 0.6) is 5.75 Å². The number of halogens is 2. The van der Waals surface area contributed by atoms with Gasteiger partial charge in [0.2, 0.25) is 0 Å². The molecule has 4 N–H and O–H groups in total. The standard InChI is InChI=1S/C20H22BrClN6O2/c1-10-17(23)20(9-30-10)3-6-28(7-4-20)13-8-12(29)14-16(26-27-19(14)25-13)11-2-5-24-18(21)15(11)22/h2,5,8,10,17H,3-4,6-7,9,23H2,1H3,(H2,25,26,27,29)/t10-,17+/m0/s1. The third-order valence-corrected chi connectivity index (χ3v) is 7.74. The van der Waals surface area contributed by atoms with E-state index >= 15 is 0 Å². The first-order valence-corrected chi connectivity index (χ1v) is 11.1. The number of nitrogens with two attached hydrogens (primary N) is 1. The molecule has 2 aliphatic rings. The third-order valence-electron chi connectivity index (χ3n) is 6.53. The molecule has 158 valence electrons. The van der Waals surface area contributed by atoms with Gasteiger partial charge in [0.1, 0.15) is 21.9 Å². The molecule has 2 atom stereocenters. The number of ether oxygens (including phenoxy) is 1. The van der Waals surface area contributed by atoms with Crippen LogP contribution >= 0.6 is 27.5 Å². The molecule has 0 amide bonds. The molecule has 2 fully saturated rings. The first kappa shape index (κ1) is 20.0. The molecule has 1 spiro atoms. The highest BCUT2D eigenvalue weighted by Crippen LogP contribution is 2.43. The molecule has 3 aromatic rings. The Morgan fingerprint density at radius 2 is 2.17 bits per heavy atom. The fraction of sp³-hybridized carbons (Fsp3) is 0.450. The predicted octanol–water partition coefficient (Wildman–Crippen LogP) is 3.47. The molecule has 30 heavy (non-hydrogen) atoms. The molecule has 0 radical (unpaired) electrons. The van der Waals surface area contributed by atoms with Crippen molar-refractivity contribution >= 4 is 44.4 Å². The van der Waals surface area contributed by atoms with Crippen LogP contribution in [0, 0.1) is 5.41 Å². The number of aromatic nitrogens is 4. The molecule has 0 aromatic carbocycles. The van der Waals surface area contributed by atoms with E-state index in [-0.39, 0.29) is 23.3 Å². The highest BCUT2D eigenvalue weighted by Gasteiger charge is 2.47. The number of pyridine rings is 2. The maximum absolute atomic E-state index is 10.8. The summed E-state index contributed by atoms with van der Waals surface area (Å²) in [6, 6.07) is 3.51. The lowest BCUT2D eigenvalue weighted by atomic mass is 9.73. The van der Waals surface area contributed by atoms with Gasteiger partial charge in [-0.25, -0.2) is 9.97 Å². The Labute approximate surface area is 186 Å². The molecule has 2 saturated heterocycles.